The largest absolute Gasteiger partial charge is 0.304 e. The first-order valence-electron chi connectivity index (χ1n) is 6.44. The lowest BCUT2D eigenvalue weighted by Gasteiger charge is -2.21. The van der Waals surface area contributed by atoms with E-state index in [0.29, 0.717) is 0 Å². The fourth-order valence-electron chi connectivity index (χ4n) is 2.19. The molecule has 0 fully saturated rings. The fraction of sp³-hybridized carbons (Fsp3) is 0.250. The van der Waals surface area contributed by atoms with Gasteiger partial charge >= 0.3 is 0 Å². The van der Waals surface area contributed by atoms with E-state index < -0.39 is 11.6 Å². The third-order valence-electron chi connectivity index (χ3n) is 3.30. The first-order valence-corrected chi connectivity index (χ1v) is 6.44. The van der Waals surface area contributed by atoms with Crippen molar-refractivity contribution in [3.05, 3.63) is 71.0 Å². The summed E-state index contributed by atoms with van der Waals surface area (Å²) in [7, 11) is 0. The number of nitrogens with one attached hydrogen (secondary N) is 1. The van der Waals surface area contributed by atoms with E-state index in [2.05, 4.69) is 5.32 Å². The van der Waals surface area contributed by atoms with E-state index in [4.69, 9.17) is 0 Å². The number of hydrogen-bond acceptors (Lipinski definition) is 1. The second kappa shape index (κ2) is 6.09. The van der Waals surface area contributed by atoms with E-state index >= 15 is 0 Å². The Morgan fingerprint density at radius 2 is 1.60 bits per heavy atom. The van der Waals surface area contributed by atoms with Crippen molar-refractivity contribution in [2.24, 2.45) is 0 Å². The normalized spacial score (nSPS) is 14.1. The summed E-state index contributed by atoms with van der Waals surface area (Å²) < 4.78 is 40.1. The molecule has 0 amide bonds. The van der Waals surface area contributed by atoms with Crippen molar-refractivity contribution in [1.82, 2.24) is 5.32 Å². The van der Waals surface area contributed by atoms with E-state index in [-0.39, 0.29) is 23.5 Å². The van der Waals surface area contributed by atoms with Crippen molar-refractivity contribution in [2.45, 2.75) is 25.9 Å². The quantitative estimate of drug-likeness (QED) is 0.868. The van der Waals surface area contributed by atoms with Crippen molar-refractivity contribution >= 4 is 0 Å². The van der Waals surface area contributed by atoms with Gasteiger partial charge in [0.2, 0.25) is 0 Å². The number of benzene rings is 2. The summed E-state index contributed by atoms with van der Waals surface area (Å²) in [5.74, 6) is -2.03. The van der Waals surface area contributed by atoms with E-state index in [0.717, 1.165) is 11.6 Å². The molecule has 0 aromatic heterocycles. The zero-order valence-electron chi connectivity index (χ0n) is 11.3. The Labute approximate surface area is 116 Å². The van der Waals surface area contributed by atoms with Gasteiger partial charge < -0.3 is 5.32 Å². The molecule has 0 radical (unpaired) electrons. The molecule has 0 aliphatic rings. The number of hydrogen-bond donors (Lipinski definition) is 1. The first kappa shape index (κ1) is 14.6. The summed E-state index contributed by atoms with van der Waals surface area (Å²) >= 11 is 0. The van der Waals surface area contributed by atoms with E-state index in [1.165, 1.54) is 24.3 Å². The lowest BCUT2D eigenvalue weighted by atomic mass is 10.0. The minimum Gasteiger partial charge on any atom is -0.304 e. The Kier molecular flexibility index (Phi) is 4.45. The van der Waals surface area contributed by atoms with E-state index in [1.54, 1.807) is 19.1 Å². The van der Waals surface area contributed by atoms with Gasteiger partial charge in [-0.15, -0.1) is 0 Å². The fourth-order valence-corrected chi connectivity index (χ4v) is 2.19. The molecule has 2 aromatic rings. The van der Waals surface area contributed by atoms with Crippen LogP contribution in [0.5, 0.6) is 0 Å². The second-order valence-electron chi connectivity index (χ2n) is 4.81. The Hall–Kier alpha value is -1.81. The molecule has 0 heterocycles. The maximum atomic E-state index is 13.7. The van der Waals surface area contributed by atoms with Crippen molar-refractivity contribution in [3.8, 4) is 0 Å². The molecule has 2 rings (SSSR count). The van der Waals surface area contributed by atoms with Crippen LogP contribution in [0.4, 0.5) is 13.2 Å². The molecule has 4 heteroatoms. The van der Waals surface area contributed by atoms with Gasteiger partial charge in [-0.1, -0.05) is 24.3 Å². The second-order valence-corrected chi connectivity index (χ2v) is 4.81. The van der Waals surface area contributed by atoms with Gasteiger partial charge in [-0.25, -0.2) is 13.2 Å². The molecule has 0 bridgehead atoms. The van der Waals surface area contributed by atoms with Crippen LogP contribution in [0.2, 0.25) is 0 Å². The predicted molar refractivity (Wildman–Crippen MR) is 72.7 cm³/mol. The SMILES string of the molecule is CC(N[C@H](C)c1cccc(F)c1)c1cccc(F)c1F. The number of rotatable bonds is 4. The molecular weight excluding hydrogens is 263 g/mol. The predicted octanol–water partition coefficient (Wildman–Crippen LogP) is 4.52. The lowest BCUT2D eigenvalue weighted by molar-refractivity contribution is 0.448. The van der Waals surface area contributed by atoms with Crippen molar-refractivity contribution in [2.75, 3.05) is 0 Å². The summed E-state index contributed by atoms with van der Waals surface area (Å²) in [6, 6.07) is 9.73. The number of halogens is 3. The van der Waals surface area contributed by atoms with Crippen LogP contribution in [-0.4, -0.2) is 0 Å². The van der Waals surface area contributed by atoms with Crippen LogP contribution < -0.4 is 5.32 Å². The van der Waals surface area contributed by atoms with E-state index in [9.17, 15) is 13.2 Å². The van der Waals surface area contributed by atoms with Crippen LogP contribution in [0.15, 0.2) is 42.5 Å². The van der Waals surface area contributed by atoms with Gasteiger partial charge in [-0.2, -0.15) is 0 Å². The van der Waals surface area contributed by atoms with Gasteiger partial charge in [0.15, 0.2) is 11.6 Å². The smallest absolute Gasteiger partial charge is 0.163 e. The molecular formula is C16H16F3N. The molecule has 106 valence electrons. The maximum absolute atomic E-state index is 13.7. The monoisotopic (exact) mass is 279 g/mol. The molecule has 0 aliphatic carbocycles. The zero-order chi connectivity index (χ0) is 14.7. The average molecular weight is 279 g/mol. The van der Waals surface area contributed by atoms with Crippen LogP contribution in [0, 0.1) is 17.5 Å². The van der Waals surface area contributed by atoms with Gasteiger partial charge in [0.1, 0.15) is 5.82 Å². The Balaban J connectivity index is 2.15. The average Bonchev–Trinajstić information content (AvgIpc) is 2.41. The molecule has 2 aromatic carbocycles. The van der Waals surface area contributed by atoms with Gasteiger partial charge in [-0.3, -0.25) is 0 Å². The lowest BCUT2D eigenvalue weighted by Crippen LogP contribution is -2.23. The molecule has 0 saturated heterocycles. The van der Waals surface area contributed by atoms with Crippen LogP contribution in [0.25, 0.3) is 0 Å². The van der Waals surface area contributed by atoms with Gasteiger partial charge in [0.25, 0.3) is 0 Å². The standard InChI is InChI=1S/C16H16F3N/c1-10(12-5-3-6-13(17)9-12)20-11(2)14-7-4-8-15(18)16(14)19/h3-11,20H,1-2H3/t10-,11?/m1/s1. The van der Waals surface area contributed by atoms with Gasteiger partial charge in [-0.05, 0) is 37.6 Å². The third-order valence-corrected chi connectivity index (χ3v) is 3.30. The molecule has 1 nitrogen and oxygen atoms in total. The van der Waals surface area contributed by atoms with Crippen LogP contribution in [0.1, 0.15) is 37.1 Å². The first-order chi connectivity index (χ1) is 9.49. The molecule has 1 unspecified atom stereocenters. The minimum atomic E-state index is -0.866. The molecule has 0 spiro atoms. The Morgan fingerprint density at radius 3 is 2.30 bits per heavy atom. The highest BCUT2D eigenvalue weighted by atomic mass is 19.2. The van der Waals surface area contributed by atoms with Crippen molar-refractivity contribution in [3.63, 3.8) is 0 Å². The summed E-state index contributed by atoms with van der Waals surface area (Å²) in [4.78, 5) is 0. The zero-order valence-corrected chi connectivity index (χ0v) is 11.3. The van der Waals surface area contributed by atoms with Crippen molar-refractivity contribution < 1.29 is 13.2 Å². The van der Waals surface area contributed by atoms with Crippen molar-refractivity contribution in [1.29, 1.82) is 0 Å². The van der Waals surface area contributed by atoms with Crippen LogP contribution in [-0.2, 0) is 0 Å². The highest BCUT2D eigenvalue weighted by molar-refractivity contribution is 5.24. The maximum Gasteiger partial charge on any atom is 0.163 e. The molecule has 0 aliphatic heterocycles. The molecule has 2 atom stereocenters. The minimum absolute atomic E-state index is 0.177. The molecule has 20 heavy (non-hydrogen) atoms. The molecule has 1 N–H and O–H groups in total. The highest BCUT2D eigenvalue weighted by Crippen LogP contribution is 2.23. The van der Waals surface area contributed by atoms with Crippen LogP contribution >= 0.6 is 0 Å². The summed E-state index contributed by atoms with van der Waals surface area (Å²) in [6.07, 6.45) is 0. The Morgan fingerprint density at radius 1 is 0.900 bits per heavy atom. The third kappa shape index (κ3) is 3.20. The van der Waals surface area contributed by atoms with E-state index in [1.807, 2.05) is 6.92 Å². The Bertz CT molecular complexity index is 598. The van der Waals surface area contributed by atoms with Gasteiger partial charge in [0.05, 0.1) is 0 Å². The summed E-state index contributed by atoms with van der Waals surface area (Å²) in [6.45, 7) is 3.59. The van der Waals surface area contributed by atoms with Crippen LogP contribution in [0.3, 0.4) is 0 Å². The van der Waals surface area contributed by atoms with Gasteiger partial charge in [0, 0.05) is 17.6 Å². The summed E-state index contributed by atoms with van der Waals surface area (Å²) in [5, 5.41) is 3.13. The summed E-state index contributed by atoms with van der Waals surface area (Å²) in [5.41, 5.74) is 1.02. The highest BCUT2D eigenvalue weighted by Gasteiger charge is 2.16. The molecule has 0 saturated carbocycles. The topological polar surface area (TPSA) is 12.0 Å².